The number of hydrogen-bond acceptors (Lipinski definition) is 3. The molecule has 3 rings (SSSR count). The SMILES string of the molecule is CCCOC1CCC(c2ccc3c(c2F)C(=O)OC(C)C3)CC1. The van der Waals surface area contributed by atoms with Crippen LogP contribution in [0.15, 0.2) is 12.1 Å². The number of rotatable bonds is 4. The summed E-state index contributed by atoms with van der Waals surface area (Å²) in [7, 11) is 0. The first kappa shape index (κ1) is 16.4. The summed E-state index contributed by atoms with van der Waals surface area (Å²) in [5.41, 5.74) is 1.60. The molecule has 126 valence electrons. The van der Waals surface area contributed by atoms with E-state index < -0.39 is 5.97 Å². The van der Waals surface area contributed by atoms with E-state index in [0.29, 0.717) is 18.1 Å². The van der Waals surface area contributed by atoms with Crippen molar-refractivity contribution < 1.29 is 18.7 Å². The van der Waals surface area contributed by atoms with Crippen LogP contribution in [0.25, 0.3) is 0 Å². The molecule has 0 aromatic heterocycles. The van der Waals surface area contributed by atoms with E-state index in [1.165, 1.54) is 0 Å². The Kier molecular flexibility index (Phi) is 5.00. The van der Waals surface area contributed by atoms with Crippen LogP contribution in [0, 0.1) is 5.82 Å². The molecule has 1 heterocycles. The third-order valence-electron chi connectivity index (χ3n) is 4.95. The second kappa shape index (κ2) is 7.00. The average molecular weight is 320 g/mol. The molecule has 1 fully saturated rings. The molecule has 1 saturated carbocycles. The molecule has 0 N–H and O–H groups in total. The van der Waals surface area contributed by atoms with E-state index in [1.807, 2.05) is 19.1 Å². The summed E-state index contributed by atoms with van der Waals surface area (Å²) in [6, 6.07) is 3.78. The van der Waals surface area contributed by atoms with Crippen molar-refractivity contribution in [3.8, 4) is 0 Å². The zero-order chi connectivity index (χ0) is 16.4. The molecule has 1 aliphatic carbocycles. The number of benzene rings is 1. The summed E-state index contributed by atoms with van der Waals surface area (Å²) in [6.07, 6.45) is 5.50. The summed E-state index contributed by atoms with van der Waals surface area (Å²) in [4.78, 5) is 12.0. The Labute approximate surface area is 137 Å². The van der Waals surface area contributed by atoms with Crippen LogP contribution < -0.4 is 0 Å². The molecule has 2 aliphatic rings. The van der Waals surface area contributed by atoms with E-state index in [1.54, 1.807) is 0 Å². The first-order valence-electron chi connectivity index (χ1n) is 8.74. The van der Waals surface area contributed by atoms with Gasteiger partial charge in [-0.1, -0.05) is 19.1 Å². The fourth-order valence-corrected chi connectivity index (χ4v) is 3.76. The molecule has 1 aromatic rings. The van der Waals surface area contributed by atoms with E-state index in [9.17, 15) is 9.18 Å². The topological polar surface area (TPSA) is 35.5 Å². The molecule has 0 spiro atoms. The van der Waals surface area contributed by atoms with Crippen molar-refractivity contribution in [3.05, 3.63) is 34.6 Å². The minimum atomic E-state index is -0.516. The van der Waals surface area contributed by atoms with Gasteiger partial charge in [-0.15, -0.1) is 0 Å². The summed E-state index contributed by atoms with van der Waals surface area (Å²) in [5.74, 6) is -0.704. The lowest BCUT2D eigenvalue weighted by Crippen LogP contribution is -2.27. The van der Waals surface area contributed by atoms with Crippen molar-refractivity contribution in [3.63, 3.8) is 0 Å². The minimum absolute atomic E-state index is 0.157. The highest BCUT2D eigenvalue weighted by atomic mass is 19.1. The maximum atomic E-state index is 14.9. The van der Waals surface area contributed by atoms with Gasteiger partial charge in [0.25, 0.3) is 0 Å². The van der Waals surface area contributed by atoms with Crippen molar-refractivity contribution in [2.24, 2.45) is 0 Å². The summed E-state index contributed by atoms with van der Waals surface area (Å²) in [5, 5.41) is 0. The van der Waals surface area contributed by atoms with Gasteiger partial charge in [-0.25, -0.2) is 9.18 Å². The number of ether oxygens (including phenoxy) is 2. The van der Waals surface area contributed by atoms with Crippen molar-refractivity contribution >= 4 is 5.97 Å². The highest BCUT2D eigenvalue weighted by Crippen LogP contribution is 2.37. The molecule has 0 amide bonds. The Balaban J connectivity index is 1.75. The smallest absolute Gasteiger partial charge is 0.341 e. The van der Waals surface area contributed by atoms with E-state index in [-0.39, 0.29) is 23.4 Å². The van der Waals surface area contributed by atoms with Crippen molar-refractivity contribution in [2.75, 3.05) is 6.61 Å². The van der Waals surface area contributed by atoms with Crippen LogP contribution in [0.3, 0.4) is 0 Å². The summed E-state index contributed by atoms with van der Waals surface area (Å²) >= 11 is 0. The molecular formula is C19H25FO3. The van der Waals surface area contributed by atoms with Crippen molar-refractivity contribution in [2.45, 2.75) is 70.5 Å². The van der Waals surface area contributed by atoms with Gasteiger partial charge >= 0.3 is 5.97 Å². The molecule has 3 nitrogen and oxygen atoms in total. The Morgan fingerprint density at radius 1 is 1.26 bits per heavy atom. The van der Waals surface area contributed by atoms with Gasteiger partial charge in [-0.05, 0) is 56.1 Å². The average Bonchev–Trinajstić information content (AvgIpc) is 2.53. The Morgan fingerprint density at radius 3 is 2.70 bits per heavy atom. The van der Waals surface area contributed by atoms with Gasteiger partial charge in [-0.3, -0.25) is 0 Å². The van der Waals surface area contributed by atoms with Crippen LogP contribution in [0.2, 0.25) is 0 Å². The summed E-state index contributed by atoms with van der Waals surface area (Å²) < 4.78 is 25.9. The fourth-order valence-electron chi connectivity index (χ4n) is 3.76. The summed E-state index contributed by atoms with van der Waals surface area (Å²) in [6.45, 7) is 4.74. The quantitative estimate of drug-likeness (QED) is 0.772. The highest BCUT2D eigenvalue weighted by molar-refractivity contribution is 5.92. The van der Waals surface area contributed by atoms with E-state index in [4.69, 9.17) is 9.47 Å². The van der Waals surface area contributed by atoms with Gasteiger partial charge in [-0.2, -0.15) is 0 Å². The van der Waals surface area contributed by atoms with Gasteiger partial charge in [0.1, 0.15) is 11.9 Å². The number of halogens is 1. The van der Waals surface area contributed by atoms with Crippen molar-refractivity contribution in [1.82, 2.24) is 0 Å². The number of cyclic esters (lactones) is 1. The lowest BCUT2D eigenvalue weighted by atomic mass is 9.81. The molecule has 1 atom stereocenters. The van der Waals surface area contributed by atoms with Gasteiger partial charge < -0.3 is 9.47 Å². The number of fused-ring (bicyclic) bond motifs is 1. The number of carbonyl (C=O) groups excluding carboxylic acids is 1. The monoisotopic (exact) mass is 320 g/mol. The normalized spacial score (nSPS) is 27.4. The molecule has 23 heavy (non-hydrogen) atoms. The molecule has 4 heteroatoms. The first-order chi connectivity index (χ1) is 11.1. The third-order valence-corrected chi connectivity index (χ3v) is 4.95. The lowest BCUT2D eigenvalue weighted by Gasteiger charge is -2.30. The predicted molar refractivity (Wildman–Crippen MR) is 86.2 cm³/mol. The maximum absolute atomic E-state index is 14.9. The standard InChI is InChI=1S/C19H25FO3/c1-3-10-22-15-7-4-13(5-8-15)16-9-6-14-11-12(2)23-19(21)17(14)18(16)20/h6,9,12-13,15H,3-5,7-8,10-11H2,1-2H3. The Bertz CT molecular complexity index is 576. The largest absolute Gasteiger partial charge is 0.459 e. The van der Waals surface area contributed by atoms with Crippen LogP contribution in [-0.4, -0.2) is 24.8 Å². The molecular weight excluding hydrogens is 295 g/mol. The second-order valence-electron chi connectivity index (χ2n) is 6.77. The van der Waals surface area contributed by atoms with Crippen LogP contribution >= 0.6 is 0 Å². The van der Waals surface area contributed by atoms with Crippen molar-refractivity contribution in [1.29, 1.82) is 0 Å². The maximum Gasteiger partial charge on any atom is 0.341 e. The predicted octanol–water partition coefficient (Wildman–Crippen LogP) is 4.38. The van der Waals surface area contributed by atoms with Crippen LogP contribution in [-0.2, 0) is 15.9 Å². The lowest BCUT2D eigenvalue weighted by molar-refractivity contribution is 0.0244. The molecule has 0 radical (unpaired) electrons. The molecule has 1 aromatic carbocycles. The van der Waals surface area contributed by atoms with Crippen LogP contribution in [0.4, 0.5) is 4.39 Å². The Hall–Kier alpha value is -1.42. The van der Waals surface area contributed by atoms with E-state index in [0.717, 1.165) is 44.3 Å². The highest BCUT2D eigenvalue weighted by Gasteiger charge is 2.31. The molecule has 0 saturated heterocycles. The number of hydrogen-bond donors (Lipinski definition) is 0. The van der Waals surface area contributed by atoms with Crippen LogP contribution in [0.5, 0.6) is 0 Å². The van der Waals surface area contributed by atoms with Gasteiger partial charge in [0.05, 0.1) is 11.7 Å². The minimum Gasteiger partial charge on any atom is -0.459 e. The van der Waals surface area contributed by atoms with E-state index in [2.05, 4.69) is 6.92 Å². The Morgan fingerprint density at radius 2 is 2.00 bits per heavy atom. The number of esters is 1. The second-order valence-corrected chi connectivity index (χ2v) is 6.77. The van der Waals surface area contributed by atoms with Gasteiger partial charge in [0.2, 0.25) is 0 Å². The zero-order valence-electron chi connectivity index (χ0n) is 13.9. The first-order valence-corrected chi connectivity index (χ1v) is 8.74. The van der Waals surface area contributed by atoms with Gasteiger partial charge in [0.15, 0.2) is 0 Å². The fraction of sp³-hybridized carbons (Fsp3) is 0.632. The zero-order valence-corrected chi connectivity index (χ0v) is 13.9. The number of carbonyl (C=O) groups is 1. The molecule has 1 unspecified atom stereocenters. The van der Waals surface area contributed by atoms with Gasteiger partial charge in [0, 0.05) is 13.0 Å². The van der Waals surface area contributed by atoms with Crippen LogP contribution in [0.1, 0.15) is 73.4 Å². The molecule has 1 aliphatic heterocycles. The van der Waals surface area contributed by atoms with E-state index >= 15 is 0 Å². The third kappa shape index (κ3) is 3.42. The molecule has 0 bridgehead atoms.